The molecule has 1 fully saturated rings. The molecule has 0 spiro atoms. The molecule has 160 valence electrons. The first-order chi connectivity index (χ1) is 14.3. The number of cyclic esters (lactones) is 1. The number of rotatable bonds is 5. The van der Waals surface area contributed by atoms with Gasteiger partial charge in [0, 0.05) is 18.7 Å². The number of ether oxygens (including phenoxy) is 2. The molecule has 1 N–H and O–H groups in total. The van der Waals surface area contributed by atoms with Crippen molar-refractivity contribution >= 4 is 47.1 Å². The number of benzene rings is 1. The topological polar surface area (TPSA) is 86.7 Å². The number of methoxy groups -OCH3 is 1. The van der Waals surface area contributed by atoms with E-state index in [1.165, 1.54) is 12.0 Å². The van der Waals surface area contributed by atoms with E-state index in [9.17, 15) is 18.4 Å². The lowest BCUT2D eigenvalue weighted by atomic mass is 10.2. The zero-order valence-electron chi connectivity index (χ0n) is 16.0. The number of hydrazone groups is 1. The van der Waals surface area contributed by atoms with Gasteiger partial charge in [-0.15, -0.1) is 0 Å². The molecule has 0 aliphatic carbocycles. The average molecular weight is 439 g/mol. The van der Waals surface area contributed by atoms with E-state index >= 15 is 0 Å². The summed E-state index contributed by atoms with van der Waals surface area (Å²) in [6.07, 6.45) is 0.967. The summed E-state index contributed by atoms with van der Waals surface area (Å²) in [7, 11) is 1.40. The number of nitrogens with one attached hydrogen (secondary N) is 1. The Morgan fingerprint density at radius 1 is 1.43 bits per heavy atom. The highest BCUT2D eigenvalue weighted by Gasteiger charge is 2.34. The lowest BCUT2D eigenvalue weighted by molar-refractivity contribution is -0.126. The molecule has 12 heteroatoms. The number of carbonyl (C=O) groups is 2. The van der Waals surface area contributed by atoms with Gasteiger partial charge in [-0.25, -0.2) is 18.6 Å². The lowest BCUT2D eigenvalue weighted by Gasteiger charge is -2.29. The van der Waals surface area contributed by atoms with E-state index in [1.807, 2.05) is 0 Å². The molecular weight excluding hydrogens is 420 g/mol. The Kier molecular flexibility index (Phi) is 6.45. The normalized spacial score (nSPS) is 18.3. The van der Waals surface area contributed by atoms with E-state index < -0.39 is 29.7 Å². The van der Waals surface area contributed by atoms with Crippen LogP contribution in [0.15, 0.2) is 29.9 Å². The number of anilines is 2. The van der Waals surface area contributed by atoms with Gasteiger partial charge in [-0.1, -0.05) is 6.58 Å². The van der Waals surface area contributed by atoms with Gasteiger partial charge in [0.25, 0.3) is 11.1 Å². The Morgan fingerprint density at radius 2 is 2.13 bits per heavy atom. The maximum Gasteiger partial charge on any atom is 0.414 e. The molecule has 9 nitrogen and oxygen atoms in total. The van der Waals surface area contributed by atoms with Crippen molar-refractivity contribution in [2.75, 3.05) is 43.1 Å². The predicted molar refractivity (Wildman–Crippen MR) is 109 cm³/mol. The highest BCUT2D eigenvalue weighted by molar-refractivity contribution is 7.80. The fourth-order valence-electron chi connectivity index (χ4n) is 2.97. The molecule has 0 bridgehead atoms. The van der Waals surface area contributed by atoms with Gasteiger partial charge in [-0.3, -0.25) is 9.69 Å². The number of halogens is 2. The van der Waals surface area contributed by atoms with Gasteiger partial charge in [-0.2, -0.15) is 5.10 Å². The summed E-state index contributed by atoms with van der Waals surface area (Å²) in [4.78, 5) is 26.1. The van der Waals surface area contributed by atoms with E-state index in [4.69, 9.17) is 21.7 Å². The van der Waals surface area contributed by atoms with Gasteiger partial charge in [0.15, 0.2) is 11.6 Å². The van der Waals surface area contributed by atoms with Gasteiger partial charge in [0.1, 0.15) is 18.1 Å². The van der Waals surface area contributed by atoms with E-state index in [1.54, 1.807) is 0 Å². The summed E-state index contributed by atoms with van der Waals surface area (Å²) in [5.74, 6) is -2.17. The minimum absolute atomic E-state index is 0.0213. The van der Waals surface area contributed by atoms with Crippen LogP contribution in [0, 0.1) is 11.6 Å². The monoisotopic (exact) mass is 439 g/mol. The quantitative estimate of drug-likeness (QED) is 0.551. The smallest absolute Gasteiger partial charge is 0.414 e. The number of hydrogen-bond donors (Lipinski definition) is 1. The van der Waals surface area contributed by atoms with Crippen LogP contribution < -0.4 is 15.1 Å². The summed E-state index contributed by atoms with van der Waals surface area (Å²) in [6, 6.07) is 2.09. The van der Waals surface area contributed by atoms with Gasteiger partial charge >= 0.3 is 6.09 Å². The number of amides is 2. The fraction of sp³-hybridized carbons (Fsp3) is 0.333. The highest BCUT2D eigenvalue weighted by Crippen LogP contribution is 2.31. The molecule has 1 unspecified atom stereocenters. The molecule has 2 heterocycles. The summed E-state index contributed by atoms with van der Waals surface area (Å²) >= 11 is 4.85. The van der Waals surface area contributed by atoms with Crippen molar-refractivity contribution in [3.05, 3.63) is 36.4 Å². The average Bonchev–Trinajstić information content (AvgIpc) is 3.11. The van der Waals surface area contributed by atoms with Crippen molar-refractivity contribution in [3.63, 3.8) is 0 Å². The van der Waals surface area contributed by atoms with Crippen LogP contribution in [-0.2, 0) is 14.3 Å². The van der Waals surface area contributed by atoms with E-state index in [0.717, 1.165) is 34.5 Å². The molecule has 3 rings (SSSR count). The van der Waals surface area contributed by atoms with Crippen molar-refractivity contribution in [1.82, 2.24) is 10.3 Å². The molecule has 2 aliphatic rings. The second kappa shape index (κ2) is 9.03. The van der Waals surface area contributed by atoms with Crippen LogP contribution >= 0.6 is 12.2 Å². The number of carbonyl (C=O) groups excluding carboxylic acids is 2. The molecule has 0 aromatic heterocycles. The molecule has 2 amide bonds. The molecule has 30 heavy (non-hydrogen) atoms. The van der Waals surface area contributed by atoms with E-state index in [0.29, 0.717) is 0 Å². The molecule has 0 radical (unpaired) electrons. The molecule has 2 aliphatic heterocycles. The van der Waals surface area contributed by atoms with Crippen LogP contribution in [0.1, 0.15) is 0 Å². The van der Waals surface area contributed by atoms with E-state index in [2.05, 4.69) is 17.0 Å². The third-order valence-corrected chi connectivity index (χ3v) is 4.76. The summed E-state index contributed by atoms with van der Waals surface area (Å²) in [5.41, 5.74) is -0.308. The van der Waals surface area contributed by atoms with Crippen molar-refractivity contribution in [2.24, 2.45) is 5.10 Å². The number of hydrogen-bond acceptors (Lipinski definition) is 7. The minimum Gasteiger partial charge on any atom is -0.474 e. The van der Waals surface area contributed by atoms with Crippen molar-refractivity contribution in [1.29, 1.82) is 0 Å². The second-order valence-electron chi connectivity index (χ2n) is 6.34. The zero-order valence-corrected chi connectivity index (χ0v) is 16.8. The zero-order chi connectivity index (χ0) is 21.8. The first-order valence-electron chi connectivity index (χ1n) is 8.87. The first kappa shape index (κ1) is 21.4. The number of thiocarbonyl (C=S) groups is 1. The Balaban J connectivity index is 1.74. The van der Waals surface area contributed by atoms with Gasteiger partial charge < -0.3 is 19.7 Å². The first-order valence-corrected chi connectivity index (χ1v) is 9.28. The summed E-state index contributed by atoms with van der Waals surface area (Å²) in [5, 5.41) is 7.91. The Labute approximate surface area is 176 Å². The van der Waals surface area contributed by atoms with Crippen LogP contribution in [0.3, 0.4) is 0 Å². The Morgan fingerprint density at radius 3 is 2.70 bits per heavy atom. The van der Waals surface area contributed by atoms with Gasteiger partial charge in [0.2, 0.25) is 0 Å². The van der Waals surface area contributed by atoms with Crippen LogP contribution in [0.25, 0.3) is 0 Å². The van der Waals surface area contributed by atoms with Crippen molar-refractivity contribution in [3.8, 4) is 0 Å². The maximum absolute atomic E-state index is 14.7. The summed E-state index contributed by atoms with van der Waals surface area (Å²) in [6.45, 7) is 3.92. The SMILES string of the molecule is C=CC(=O)N1CCN(c2c(F)cc(N3CC(CNC(=S)OC)OC3=O)cc2F)C=N1. The molecule has 1 atom stereocenters. The van der Waals surface area contributed by atoms with Crippen LogP contribution in [-0.4, -0.2) is 67.9 Å². The molecular formula is C18H19F2N5O4S. The largest absolute Gasteiger partial charge is 0.474 e. The fourth-order valence-corrected chi connectivity index (χ4v) is 3.06. The molecule has 1 aromatic carbocycles. The Hall–Kier alpha value is -3.28. The van der Waals surface area contributed by atoms with Crippen molar-refractivity contribution in [2.45, 2.75) is 6.10 Å². The minimum atomic E-state index is -0.880. The Bertz CT molecular complexity index is 890. The van der Waals surface area contributed by atoms with Gasteiger partial charge in [-0.05, 0) is 18.3 Å². The molecule has 1 aromatic rings. The van der Waals surface area contributed by atoms with Crippen LogP contribution in [0.5, 0.6) is 0 Å². The van der Waals surface area contributed by atoms with Crippen molar-refractivity contribution < 1.29 is 27.8 Å². The second-order valence-corrected chi connectivity index (χ2v) is 6.71. The molecule has 0 saturated carbocycles. The van der Waals surface area contributed by atoms with Crippen LogP contribution in [0.4, 0.5) is 25.0 Å². The third kappa shape index (κ3) is 4.48. The highest BCUT2D eigenvalue weighted by atomic mass is 32.1. The molecule has 1 saturated heterocycles. The maximum atomic E-state index is 14.7. The standard InChI is InChI=1S/C18H19F2N5O4S/c1-3-15(26)25-5-4-23(10-22-25)16-13(19)6-11(7-14(16)20)24-9-12(29-18(24)27)8-21-17(30)28-2/h3,6-7,10,12H,1,4-5,8-9H2,2H3,(H,21,30). The number of nitrogens with zero attached hydrogens (tertiary/aromatic N) is 4. The van der Waals surface area contributed by atoms with Crippen LogP contribution in [0.2, 0.25) is 0 Å². The van der Waals surface area contributed by atoms with Gasteiger partial charge in [0.05, 0.1) is 32.4 Å². The predicted octanol–water partition coefficient (Wildman–Crippen LogP) is 1.59. The third-order valence-electron chi connectivity index (χ3n) is 4.45. The summed E-state index contributed by atoms with van der Waals surface area (Å²) < 4.78 is 39.4. The lowest BCUT2D eigenvalue weighted by Crippen LogP contribution is -2.40. The van der Waals surface area contributed by atoms with E-state index in [-0.39, 0.29) is 42.7 Å².